The molecule has 3 amide bonds. The number of hydrogen-bond acceptors (Lipinski definition) is 11. The van der Waals surface area contributed by atoms with E-state index in [-0.39, 0.29) is 55.1 Å². The molecule has 0 aliphatic carbocycles. The van der Waals surface area contributed by atoms with Crippen LogP contribution in [0.25, 0.3) is 22.1 Å². The Morgan fingerprint density at radius 3 is 2.19 bits per heavy atom. The van der Waals surface area contributed by atoms with Crippen LogP contribution in [0.5, 0.6) is 11.5 Å². The van der Waals surface area contributed by atoms with Crippen LogP contribution in [-0.2, 0) is 26.1 Å². The van der Waals surface area contributed by atoms with Crippen molar-refractivity contribution < 1.29 is 33.8 Å². The number of amides is 3. The minimum Gasteiger partial charge on any atom is -0.491 e. The first-order valence-corrected chi connectivity index (χ1v) is 18.9. The number of carbonyl (C=O) groups excluding carboxylic acids is 4. The Morgan fingerprint density at radius 2 is 1.53 bits per heavy atom. The number of aliphatic hydroxyl groups excluding tert-OH is 1. The molecule has 7 rings (SSSR count). The highest BCUT2D eigenvalue weighted by molar-refractivity contribution is 6.04. The molecule has 0 spiro atoms. The number of hydrogen-bond donors (Lipinski definition) is 4. The Morgan fingerprint density at radius 1 is 0.877 bits per heavy atom. The van der Waals surface area contributed by atoms with Gasteiger partial charge in [0.1, 0.15) is 46.4 Å². The zero-order valence-electron chi connectivity index (χ0n) is 32.2. The van der Waals surface area contributed by atoms with E-state index in [1.54, 1.807) is 46.6 Å². The minimum atomic E-state index is -0.679. The van der Waals surface area contributed by atoms with Gasteiger partial charge in [-0.2, -0.15) is 10.2 Å². The van der Waals surface area contributed by atoms with Crippen LogP contribution < -0.4 is 26.3 Å². The molecule has 2 aromatic carbocycles. The topological polar surface area (TPSA) is 242 Å². The number of nitrogens with zero attached hydrogens (tertiary/aromatic N) is 8. The number of aliphatic hydroxyl groups is 1. The Hall–Kier alpha value is -6.56. The van der Waals surface area contributed by atoms with Gasteiger partial charge in [-0.15, -0.1) is 0 Å². The Bertz CT molecular complexity index is 2540. The van der Waals surface area contributed by atoms with Crippen molar-refractivity contribution in [3.63, 3.8) is 0 Å². The van der Waals surface area contributed by atoms with Crippen LogP contribution in [0.1, 0.15) is 98.1 Å². The van der Waals surface area contributed by atoms with Crippen molar-refractivity contribution in [2.45, 2.75) is 79.1 Å². The molecule has 18 heteroatoms. The lowest BCUT2D eigenvalue weighted by atomic mass is 10.1. The molecule has 57 heavy (non-hydrogen) atoms. The minimum absolute atomic E-state index is 0.0193. The average Bonchev–Trinajstić information content (AvgIpc) is 3.95. The first-order chi connectivity index (χ1) is 27.4. The smallest absolute Gasteiger partial charge is 0.276 e. The molecule has 1 aliphatic heterocycles. The summed E-state index contributed by atoms with van der Waals surface area (Å²) in [4.78, 5) is 61.6. The van der Waals surface area contributed by atoms with Gasteiger partial charge < -0.3 is 35.2 Å². The Kier molecular flexibility index (Phi) is 10.8. The quantitative estimate of drug-likeness (QED) is 0.0771. The molecule has 4 aromatic heterocycles. The fourth-order valence-corrected chi connectivity index (χ4v) is 7.39. The molecule has 6 N–H and O–H groups in total. The molecular weight excluding hydrogens is 734 g/mol. The van der Waals surface area contributed by atoms with E-state index in [0.717, 1.165) is 5.69 Å². The molecule has 0 saturated heterocycles. The molecule has 0 fully saturated rings. The summed E-state index contributed by atoms with van der Waals surface area (Å²) in [5.74, 6) is -0.392. The van der Waals surface area contributed by atoms with Gasteiger partial charge in [0.2, 0.25) is 17.8 Å². The maximum atomic E-state index is 13.8. The Balaban J connectivity index is 1.25. The highest BCUT2D eigenvalue weighted by atomic mass is 16.5. The van der Waals surface area contributed by atoms with Gasteiger partial charge in [-0.25, -0.2) is 9.97 Å². The molecule has 0 unspecified atom stereocenters. The fourth-order valence-electron chi connectivity index (χ4n) is 7.39. The highest BCUT2D eigenvalue weighted by Crippen LogP contribution is 2.38. The number of ketones is 1. The number of imidazole rings is 2. The van der Waals surface area contributed by atoms with Gasteiger partial charge >= 0.3 is 0 Å². The number of Topliss-reactive ketones (excluding diaryl/α,β-unsaturated/α-hetero) is 1. The van der Waals surface area contributed by atoms with Crippen molar-refractivity contribution >= 4 is 51.5 Å². The lowest BCUT2D eigenvalue weighted by Crippen LogP contribution is -2.26. The largest absolute Gasteiger partial charge is 0.491 e. The summed E-state index contributed by atoms with van der Waals surface area (Å²) in [6.07, 6.45) is 1.37. The monoisotopic (exact) mass is 779 g/mol. The molecule has 0 radical (unpaired) electrons. The van der Waals surface area contributed by atoms with Gasteiger partial charge in [-0.1, -0.05) is 0 Å². The van der Waals surface area contributed by atoms with E-state index in [1.165, 1.54) is 6.07 Å². The van der Waals surface area contributed by atoms with Crippen molar-refractivity contribution in [1.82, 2.24) is 38.7 Å². The molecule has 1 atom stereocenters. The number of carbonyl (C=O) groups is 4. The standard InChI is InChI=1S/C39H45N11O7/c1-5-48-28(13-21(3)45-48)30(52)19-33-42-27-16-24(37(41)54)18-32-35(27)50(33)25(20-57-32)9-7-10-47-34-26(15-23(36(40)53)17-31(34)56-12-8-11-51)43-39(47)44-38(55)29-14-22(4)46-49(29)6-2/h13-18,25,51H,5-12,19-20H2,1-4H3,(H2,40,53)(H2,41,54)(H,43,44,55)/t25-/m0/s1. The van der Waals surface area contributed by atoms with Crippen molar-refractivity contribution in [3.8, 4) is 11.5 Å². The van der Waals surface area contributed by atoms with Gasteiger partial charge in [0.15, 0.2) is 5.78 Å². The third kappa shape index (κ3) is 7.54. The second-order valence-electron chi connectivity index (χ2n) is 14.0. The second-order valence-corrected chi connectivity index (χ2v) is 14.0. The summed E-state index contributed by atoms with van der Waals surface area (Å²) in [7, 11) is 0. The van der Waals surface area contributed by atoms with E-state index >= 15 is 0 Å². The van der Waals surface area contributed by atoms with Gasteiger partial charge in [0.25, 0.3) is 5.91 Å². The second kappa shape index (κ2) is 15.9. The summed E-state index contributed by atoms with van der Waals surface area (Å²) >= 11 is 0. The van der Waals surface area contributed by atoms with Crippen molar-refractivity contribution in [2.75, 3.05) is 25.1 Å². The zero-order valence-corrected chi connectivity index (χ0v) is 32.2. The van der Waals surface area contributed by atoms with Crippen molar-refractivity contribution in [1.29, 1.82) is 0 Å². The summed E-state index contributed by atoms with van der Waals surface area (Å²) in [5, 5.41) is 21.3. The van der Waals surface area contributed by atoms with Crippen molar-refractivity contribution in [3.05, 3.63) is 76.1 Å². The van der Waals surface area contributed by atoms with Gasteiger partial charge in [0, 0.05) is 43.8 Å². The van der Waals surface area contributed by atoms with Gasteiger partial charge in [-0.3, -0.25) is 33.9 Å². The number of rotatable bonds is 17. The van der Waals surface area contributed by atoms with Crippen molar-refractivity contribution in [2.24, 2.45) is 11.5 Å². The van der Waals surface area contributed by atoms with E-state index in [4.69, 9.17) is 30.9 Å². The normalized spacial score (nSPS) is 13.6. The average molecular weight is 780 g/mol. The lowest BCUT2D eigenvalue weighted by molar-refractivity contribution is 0.0973. The molecule has 5 heterocycles. The van der Waals surface area contributed by atoms with Gasteiger partial charge in [-0.05, 0) is 76.9 Å². The lowest BCUT2D eigenvalue weighted by Gasteiger charge is -2.28. The zero-order chi connectivity index (χ0) is 40.5. The molecule has 18 nitrogen and oxygen atoms in total. The van der Waals surface area contributed by atoms with Crippen LogP contribution in [0.2, 0.25) is 0 Å². The molecule has 6 aromatic rings. The number of primary amides is 2. The number of nitrogens with two attached hydrogens (primary N) is 2. The number of ether oxygens (including phenoxy) is 2. The van der Waals surface area contributed by atoms with E-state index in [0.29, 0.717) is 95.4 Å². The van der Waals surface area contributed by atoms with Crippen LogP contribution in [0.4, 0.5) is 5.95 Å². The number of fused-ring (bicyclic) bond motifs is 1. The predicted octanol–water partition coefficient (Wildman–Crippen LogP) is 3.49. The molecular formula is C39H45N11O7. The summed E-state index contributed by atoms with van der Waals surface area (Å²) in [6, 6.07) is 9.46. The predicted molar refractivity (Wildman–Crippen MR) is 209 cm³/mol. The van der Waals surface area contributed by atoms with E-state index in [9.17, 15) is 24.3 Å². The number of aryl methyl sites for hydroxylation is 5. The summed E-state index contributed by atoms with van der Waals surface area (Å²) in [5.41, 5.74) is 16.0. The highest BCUT2D eigenvalue weighted by Gasteiger charge is 2.30. The molecule has 0 saturated carbocycles. The van der Waals surface area contributed by atoms with Gasteiger partial charge in [0.05, 0.1) is 41.5 Å². The number of nitrogens with one attached hydrogen (secondary N) is 1. The third-order valence-corrected chi connectivity index (χ3v) is 9.94. The fraction of sp³-hybridized carbons (Fsp3) is 0.385. The SMILES string of the molecule is CCn1nc(C)cc1C(=O)Cc1nc2cc(C(N)=O)cc3c2n1[C@@H](CCCn1c(NC(=O)c2cc(C)nn2CC)nc2cc(C(N)=O)cc(OCCCO)c21)CO3. The van der Waals surface area contributed by atoms with Crippen LogP contribution in [0.15, 0.2) is 36.4 Å². The molecule has 0 bridgehead atoms. The van der Waals surface area contributed by atoms with Crippen LogP contribution in [0.3, 0.4) is 0 Å². The van der Waals surface area contributed by atoms with E-state index < -0.39 is 17.7 Å². The van der Waals surface area contributed by atoms with E-state index in [1.807, 2.05) is 29.9 Å². The maximum Gasteiger partial charge on any atom is 0.276 e. The molecule has 298 valence electrons. The maximum absolute atomic E-state index is 13.8. The van der Waals surface area contributed by atoms with Crippen LogP contribution in [0, 0.1) is 13.8 Å². The van der Waals surface area contributed by atoms with E-state index in [2.05, 4.69) is 15.5 Å². The molecule has 1 aliphatic rings. The Labute approximate surface area is 326 Å². The number of anilines is 1. The summed E-state index contributed by atoms with van der Waals surface area (Å²) < 4.78 is 19.4. The number of benzene rings is 2. The first kappa shape index (κ1) is 38.7. The van der Waals surface area contributed by atoms with Crippen LogP contribution >= 0.6 is 0 Å². The summed E-state index contributed by atoms with van der Waals surface area (Å²) in [6.45, 7) is 9.06. The third-order valence-electron chi connectivity index (χ3n) is 9.94. The van der Waals surface area contributed by atoms with Crippen LogP contribution in [-0.4, -0.2) is 87.1 Å². The first-order valence-electron chi connectivity index (χ1n) is 18.9. The number of aromatic nitrogens is 8.